The number of unbranched alkanes of at least 4 members (excludes halogenated alkanes) is 3. The lowest BCUT2D eigenvalue weighted by Crippen LogP contribution is -2.57. The number of ether oxygens (including phenoxy) is 2. The van der Waals surface area contributed by atoms with Gasteiger partial charge in [0.05, 0.1) is 34.7 Å². The van der Waals surface area contributed by atoms with Crippen LogP contribution in [0.1, 0.15) is 69.1 Å². The number of rotatable bonds is 18. The molecular formula is C40H49BrClN3O7. The molecular weight excluding hydrogens is 750 g/mol. The van der Waals surface area contributed by atoms with Gasteiger partial charge < -0.3 is 29.7 Å². The van der Waals surface area contributed by atoms with Crippen LogP contribution in [0.2, 0.25) is 5.02 Å². The molecule has 0 aromatic heterocycles. The van der Waals surface area contributed by atoms with Crippen molar-refractivity contribution in [2.45, 2.75) is 93.5 Å². The summed E-state index contributed by atoms with van der Waals surface area (Å²) in [6.45, 7) is 11.7. The number of fused-ring (bicyclic) bond motifs is 1. The fraction of sp³-hybridized carbons (Fsp3) is 0.500. The number of allylic oxidation sites excluding steroid dienone is 1. The summed E-state index contributed by atoms with van der Waals surface area (Å²) >= 11 is 10.5. The summed E-state index contributed by atoms with van der Waals surface area (Å²) in [5.41, 5.74) is 0.680. The Kier molecular flexibility index (Phi) is 13.4. The Morgan fingerprint density at radius 2 is 1.87 bits per heavy atom. The second-order valence-electron chi connectivity index (χ2n) is 13.9. The van der Waals surface area contributed by atoms with Crippen molar-refractivity contribution in [3.05, 3.63) is 90.0 Å². The van der Waals surface area contributed by atoms with E-state index in [4.69, 9.17) is 21.1 Å². The molecule has 8 atom stereocenters. The van der Waals surface area contributed by atoms with Crippen LogP contribution in [0.25, 0.3) is 0 Å². The number of para-hydroxylation sites is 1. The molecule has 5 rings (SSSR count). The van der Waals surface area contributed by atoms with Crippen LogP contribution in [0, 0.1) is 18.8 Å². The van der Waals surface area contributed by atoms with Gasteiger partial charge in [-0.1, -0.05) is 95.0 Å². The van der Waals surface area contributed by atoms with Gasteiger partial charge in [0.15, 0.2) is 0 Å². The molecule has 3 fully saturated rings. The summed E-state index contributed by atoms with van der Waals surface area (Å²) in [5, 5.41) is 12.7. The van der Waals surface area contributed by atoms with Crippen molar-refractivity contribution in [3.8, 4) is 0 Å². The normalized spacial score (nSPS) is 25.7. The Labute approximate surface area is 319 Å². The van der Waals surface area contributed by atoms with Crippen molar-refractivity contribution >= 4 is 56.9 Å². The number of benzene rings is 2. The van der Waals surface area contributed by atoms with Crippen molar-refractivity contribution in [2.24, 2.45) is 11.8 Å². The highest BCUT2D eigenvalue weighted by atomic mass is 79.9. The highest BCUT2D eigenvalue weighted by Crippen LogP contribution is 2.60. The van der Waals surface area contributed by atoms with Crippen LogP contribution in [-0.2, 0) is 28.7 Å². The number of halogens is 2. The molecule has 52 heavy (non-hydrogen) atoms. The summed E-state index contributed by atoms with van der Waals surface area (Å²) < 4.78 is 13.1. The molecule has 1 unspecified atom stereocenters. The number of aliphatic hydroxyl groups is 1. The molecule has 10 nitrogen and oxygen atoms in total. The molecule has 280 valence electrons. The largest absolute Gasteiger partial charge is 0.455 e. The first-order valence-electron chi connectivity index (χ1n) is 18.1. The topological polar surface area (TPSA) is 125 Å². The highest BCUT2D eigenvalue weighted by molar-refractivity contribution is 9.09. The lowest BCUT2D eigenvalue weighted by molar-refractivity contribution is -0.162. The molecule has 0 saturated carbocycles. The molecule has 0 radical (unpaired) electrons. The molecule has 3 saturated heterocycles. The number of likely N-dealkylation sites (tertiary alicyclic amines) is 1. The molecule has 12 heteroatoms. The van der Waals surface area contributed by atoms with Crippen LogP contribution in [0.5, 0.6) is 0 Å². The molecule has 3 amide bonds. The molecule has 1 spiro atoms. The third kappa shape index (κ3) is 7.88. The molecule has 2 bridgehead atoms. The third-order valence-corrected chi connectivity index (χ3v) is 11.6. The van der Waals surface area contributed by atoms with Crippen LogP contribution in [0.4, 0.5) is 5.69 Å². The number of alkyl halides is 1. The monoisotopic (exact) mass is 797 g/mol. The zero-order chi connectivity index (χ0) is 37.6. The van der Waals surface area contributed by atoms with E-state index in [1.807, 2.05) is 49.4 Å². The molecule has 2 aromatic carbocycles. The predicted molar refractivity (Wildman–Crippen MR) is 204 cm³/mol. The Morgan fingerprint density at radius 3 is 2.54 bits per heavy atom. The third-order valence-electron chi connectivity index (χ3n) is 10.4. The highest BCUT2D eigenvalue weighted by Gasteiger charge is 2.77. The number of hydrogen-bond donors (Lipinski definition) is 2. The number of anilines is 1. The maximum absolute atomic E-state index is 15.0. The SMILES string of the molecule is C=CCCC(=O)N[C@@H](C)[C@H](OC(=O)[C@H]1[C@@H]2O[C@@]3(CC2Br)[C@@H]1C(=O)N(CCCCCCO)[C@@H]3C(=O)N(CC=C)c1c(C)cccc1Cl)c1ccccc1. The second kappa shape index (κ2) is 17.5. The Morgan fingerprint density at radius 1 is 1.13 bits per heavy atom. The van der Waals surface area contributed by atoms with Crippen LogP contribution >= 0.6 is 27.5 Å². The summed E-state index contributed by atoms with van der Waals surface area (Å²) in [5.74, 6) is -3.51. The van der Waals surface area contributed by atoms with Gasteiger partial charge in [0.1, 0.15) is 17.7 Å². The number of amides is 3. The van der Waals surface area contributed by atoms with Crippen molar-refractivity contribution < 1.29 is 33.8 Å². The van der Waals surface area contributed by atoms with E-state index in [0.29, 0.717) is 42.0 Å². The van der Waals surface area contributed by atoms with Gasteiger partial charge in [0.25, 0.3) is 5.91 Å². The average molecular weight is 799 g/mol. The first-order chi connectivity index (χ1) is 25.0. The fourth-order valence-electron chi connectivity index (χ4n) is 8.14. The number of aryl methyl sites for hydroxylation is 1. The maximum atomic E-state index is 15.0. The molecule has 3 aliphatic rings. The summed E-state index contributed by atoms with van der Waals surface area (Å²) in [7, 11) is 0. The van der Waals surface area contributed by atoms with Crippen molar-refractivity contribution in [2.75, 3.05) is 24.6 Å². The Bertz CT molecular complexity index is 1620. The van der Waals surface area contributed by atoms with E-state index < -0.39 is 47.7 Å². The smallest absolute Gasteiger partial charge is 0.313 e. The number of esters is 1. The predicted octanol–water partition coefficient (Wildman–Crippen LogP) is 6.22. The van der Waals surface area contributed by atoms with Gasteiger partial charge in [0.2, 0.25) is 11.8 Å². The first kappa shape index (κ1) is 39.7. The number of nitrogens with zero attached hydrogens (tertiary/aromatic N) is 2. The quantitative estimate of drug-likeness (QED) is 0.0794. The van der Waals surface area contributed by atoms with Gasteiger partial charge in [-0.15, -0.1) is 13.2 Å². The molecule has 0 aliphatic carbocycles. The van der Waals surface area contributed by atoms with Crippen molar-refractivity contribution in [1.82, 2.24) is 10.2 Å². The van der Waals surface area contributed by atoms with Crippen LogP contribution in [-0.4, -0.2) is 82.0 Å². The lowest BCUT2D eigenvalue weighted by atomic mass is 9.70. The van der Waals surface area contributed by atoms with Gasteiger partial charge in [-0.05, 0) is 56.7 Å². The number of carbonyl (C=O) groups excluding carboxylic acids is 4. The van der Waals surface area contributed by atoms with Gasteiger partial charge in [0, 0.05) is 30.9 Å². The number of aliphatic hydroxyl groups excluding tert-OH is 1. The van der Waals surface area contributed by atoms with E-state index in [1.54, 1.807) is 34.9 Å². The van der Waals surface area contributed by atoms with Crippen molar-refractivity contribution in [3.63, 3.8) is 0 Å². The molecule has 3 aliphatic heterocycles. The van der Waals surface area contributed by atoms with E-state index in [0.717, 1.165) is 18.4 Å². The fourth-order valence-corrected chi connectivity index (χ4v) is 9.41. The molecule has 2 aromatic rings. The lowest BCUT2D eigenvalue weighted by Gasteiger charge is -2.37. The van der Waals surface area contributed by atoms with E-state index >= 15 is 4.79 Å². The summed E-state index contributed by atoms with van der Waals surface area (Å²) in [4.78, 5) is 59.8. The van der Waals surface area contributed by atoms with E-state index in [-0.39, 0.29) is 48.7 Å². The maximum Gasteiger partial charge on any atom is 0.313 e. The molecule has 2 N–H and O–H groups in total. The van der Waals surface area contributed by atoms with Gasteiger partial charge in [-0.3, -0.25) is 19.2 Å². The van der Waals surface area contributed by atoms with E-state index in [2.05, 4.69) is 34.4 Å². The van der Waals surface area contributed by atoms with E-state index in [9.17, 15) is 19.5 Å². The van der Waals surface area contributed by atoms with Gasteiger partial charge in [-0.25, -0.2) is 0 Å². The minimum atomic E-state index is -1.32. The van der Waals surface area contributed by atoms with E-state index in [1.165, 1.54) is 0 Å². The first-order valence-corrected chi connectivity index (χ1v) is 19.4. The Balaban J connectivity index is 1.51. The Hall–Kier alpha value is -3.51. The van der Waals surface area contributed by atoms with Crippen LogP contribution in [0.15, 0.2) is 73.8 Å². The number of nitrogens with one attached hydrogen (secondary N) is 1. The standard InChI is InChI=1S/C40H49BrClN3O7/c1-5-7-20-30(47)43-26(4)34(27-17-11-10-12-18-27)51-39(50)31-32-37(48)45(22-13-8-9-14-23-46)36(40(32)24-28(41)35(31)52-40)38(49)44(21-6-2)33-25(3)16-15-19-29(33)42/h5-6,10-12,15-19,26,28,31-32,34-36,46H,1-2,7-9,13-14,20-24H2,3-4H3,(H,43,47)/t26-,28?,31+,32-,34-,35+,36+,40-/m0/s1. The molecule has 3 heterocycles. The van der Waals surface area contributed by atoms with Gasteiger partial charge >= 0.3 is 5.97 Å². The summed E-state index contributed by atoms with van der Waals surface area (Å²) in [6.07, 6.45) is 5.54. The zero-order valence-electron chi connectivity index (χ0n) is 29.8. The summed E-state index contributed by atoms with van der Waals surface area (Å²) in [6, 6.07) is 12.9. The van der Waals surface area contributed by atoms with Crippen LogP contribution < -0.4 is 10.2 Å². The second-order valence-corrected chi connectivity index (χ2v) is 15.5. The van der Waals surface area contributed by atoms with Crippen LogP contribution in [0.3, 0.4) is 0 Å². The minimum absolute atomic E-state index is 0.0788. The van der Waals surface area contributed by atoms with Gasteiger partial charge in [-0.2, -0.15) is 0 Å². The number of hydrogen-bond acceptors (Lipinski definition) is 7. The zero-order valence-corrected chi connectivity index (χ0v) is 32.2. The minimum Gasteiger partial charge on any atom is -0.455 e. The number of carbonyl (C=O) groups is 4. The average Bonchev–Trinajstić information content (AvgIpc) is 3.72. The van der Waals surface area contributed by atoms with Crippen molar-refractivity contribution in [1.29, 1.82) is 0 Å².